The molecule has 7 heteroatoms. The third-order valence-corrected chi connectivity index (χ3v) is 5.44. The van der Waals surface area contributed by atoms with Gasteiger partial charge in [-0.3, -0.25) is 20.1 Å². The molecule has 3 fully saturated rings. The van der Waals surface area contributed by atoms with E-state index in [9.17, 15) is 4.79 Å². The average Bonchev–Trinajstić information content (AvgIpc) is 3.07. The molecule has 0 saturated carbocycles. The van der Waals surface area contributed by atoms with Gasteiger partial charge in [-0.15, -0.1) is 0 Å². The Labute approximate surface area is 142 Å². The summed E-state index contributed by atoms with van der Waals surface area (Å²) in [7, 11) is 0. The first-order chi connectivity index (χ1) is 11.8. The summed E-state index contributed by atoms with van der Waals surface area (Å²) in [6, 6.07) is 6.35. The molecule has 1 aromatic rings. The molecule has 4 rings (SSSR count). The Morgan fingerprint density at radius 1 is 1.21 bits per heavy atom. The van der Waals surface area contributed by atoms with Crippen molar-refractivity contribution in [3.63, 3.8) is 0 Å². The van der Waals surface area contributed by atoms with Crippen LogP contribution in [0.5, 0.6) is 0 Å². The topological polar surface area (TPSA) is 72.5 Å². The number of hydrogen-bond donors (Lipinski definition) is 3. The van der Waals surface area contributed by atoms with Crippen LogP contribution < -0.4 is 16.2 Å². The van der Waals surface area contributed by atoms with Gasteiger partial charge in [-0.05, 0) is 25.1 Å². The van der Waals surface area contributed by atoms with Crippen LogP contribution in [0, 0.1) is 5.92 Å². The Hall–Kier alpha value is -1.54. The summed E-state index contributed by atoms with van der Waals surface area (Å²) in [4.78, 5) is 21.7. The first kappa shape index (κ1) is 16.0. The van der Waals surface area contributed by atoms with E-state index in [1.165, 1.54) is 0 Å². The molecular formula is C17H26N6O. The van der Waals surface area contributed by atoms with E-state index in [1.54, 1.807) is 0 Å². The largest absolute Gasteiger partial charge is 0.339 e. The lowest BCUT2D eigenvalue weighted by Crippen LogP contribution is -2.55. The molecule has 4 heterocycles. The number of piperidine rings is 1. The van der Waals surface area contributed by atoms with Crippen LogP contribution in [0.1, 0.15) is 12.1 Å². The molecule has 3 unspecified atom stereocenters. The molecule has 0 bridgehead atoms. The molecule has 0 radical (unpaired) electrons. The number of fused-ring (bicyclic) bond motifs is 1. The number of rotatable bonds is 3. The third-order valence-electron chi connectivity index (χ3n) is 5.44. The van der Waals surface area contributed by atoms with Crippen LogP contribution in [0.4, 0.5) is 0 Å². The number of carbonyl (C=O) groups excluding carboxylic acids is 1. The molecule has 3 aliphatic rings. The van der Waals surface area contributed by atoms with E-state index >= 15 is 0 Å². The van der Waals surface area contributed by atoms with Crippen LogP contribution in [0.2, 0.25) is 0 Å². The van der Waals surface area contributed by atoms with Crippen molar-refractivity contribution in [3.8, 4) is 0 Å². The van der Waals surface area contributed by atoms with Crippen LogP contribution in [0.25, 0.3) is 0 Å². The second-order valence-electron chi connectivity index (χ2n) is 6.95. The monoisotopic (exact) mass is 330 g/mol. The standard InChI is InChI=1S/C17H26N6O/c24-17(16-14-11-18-6-4-15(14)20-21-16)23-9-7-22(8-10-23)12-13-3-1-2-5-19-13/h1-3,5,14-16,18,20-21H,4,6-12H2. The molecule has 7 nitrogen and oxygen atoms in total. The molecule has 3 atom stereocenters. The minimum absolute atomic E-state index is 0.0925. The summed E-state index contributed by atoms with van der Waals surface area (Å²) in [5.41, 5.74) is 7.65. The quantitative estimate of drug-likeness (QED) is 0.673. The minimum atomic E-state index is -0.0925. The number of hydrazine groups is 1. The number of pyridine rings is 1. The highest BCUT2D eigenvalue weighted by molar-refractivity contribution is 5.82. The van der Waals surface area contributed by atoms with Gasteiger partial charge in [0.2, 0.25) is 5.91 Å². The predicted molar refractivity (Wildman–Crippen MR) is 90.9 cm³/mol. The fourth-order valence-electron chi connectivity index (χ4n) is 4.00. The lowest BCUT2D eigenvalue weighted by molar-refractivity contribution is -0.136. The van der Waals surface area contributed by atoms with Crippen molar-refractivity contribution in [1.29, 1.82) is 0 Å². The maximum absolute atomic E-state index is 12.9. The Morgan fingerprint density at radius 3 is 2.88 bits per heavy atom. The van der Waals surface area contributed by atoms with Crippen molar-refractivity contribution < 1.29 is 4.79 Å². The number of amides is 1. The Bertz CT molecular complexity index is 559. The van der Waals surface area contributed by atoms with Gasteiger partial charge in [0, 0.05) is 57.4 Å². The van der Waals surface area contributed by atoms with Gasteiger partial charge in [0.25, 0.3) is 0 Å². The third kappa shape index (κ3) is 3.30. The fraction of sp³-hybridized carbons (Fsp3) is 0.647. The molecule has 3 saturated heterocycles. The van der Waals surface area contributed by atoms with Crippen molar-refractivity contribution >= 4 is 5.91 Å². The average molecular weight is 330 g/mol. The van der Waals surface area contributed by atoms with Gasteiger partial charge < -0.3 is 10.2 Å². The zero-order chi connectivity index (χ0) is 16.4. The van der Waals surface area contributed by atoms with E-state index in [1.807, 2.05) is 23.2 Å². The summed E-state index contributed by atoms with van der Waals surface area (Å²) in [5, 5.41) is 3.41. The fourth-order valence-corrected chi connectivity index (χ4v) is 4.00. The van der Waals surface area contributed by atoms with Crippen molar-refractivity contribution in [3.05, 3.63) is 30.1 Å². The van der Waals surface area contributed by atoms with Gasteiger partial charge >= 0.3 is 0 Å². The highest BCUT2D eigenvalue weighted by atomic mass is 16.2. The van der Waals surface area contributed by atoms with E-state index in [0.717, 1.165) is 57.9 Å². The van der Waals surface area contributed by atoms with E-state index in [2.05, 4.69) is 32.1 Å². The zero-order valence-corrected chi connectivity index (χ0v) is 13.9. The van der Waals surface area contributed by atoms with Gasteiger partial charge in [-0.2, -0.15) is 0 Å². The zero-order valence-electron chi connectivity index (χ0n) is 13.9. The van der Waals surface area contributed by atoms with Crippen LogP contribution in [0.3, 0.4) is 0 Å². The number of carbonyl (C=O) groups is 1. The van der Waals surface area contributed by atoms with Crippen LogP contribution in [-0.2, 0) is 11.3 Å². The molecule has 130 valence electrons. The number of piperazine rings is 1. The lowest BCUT2D eigenvalue weighted by atomic mass is 9.89. The highest BCUT2D eigenvalue weighted by Crippen LogP contribution is 2.22. The van der Waals surface area contributed by atoms with Crippen molar-refractivity contribution in [2.75, 3.05) is 39.3 Å². The van der Waals surface area contributed by atoms with Gasteiger partial charge in [0.05, 0.1) is 5.69 Å². The normalized spacial score (nSPS) is 31.0. The second-order valence-corrected chi connectivity index (χ2v) is 6.95. The summed E-state index contributed by atoms with van der Waals surface area (Å²) in [5.74, 6) is 0.606. The molecule has 3 N–H and O–H groups in total. The molecule has 3 aliphatic heterocycles. The minimum Gasteiger partial charge on any atom is -0.339 e. The van der Waals surface area contributed by atoms with Gasteiger partial charge in [-0.25, -0.2) is 5.43 Å². The Kier molecular flexibility index (Phi) is 4.75. The van der Waals surface area contributed by atoms with Gasteiger partial charge in [0.1, 0.15) is 6.04 Å². The molecule has 0 spiro atoms. The van der Waals surface area contributed by atoms with Crippen LogP contribution in [-0.4, -0.2) is 72.0 Å². The highest BCUT2D eigenvalue weighted by Gasteiger charge is 2.42. The van der Waals surface area contributed by atoms with Crippen molar-refractivity contribution in [2.24, 2.45) is 5.92 Å². The predicted octanol–water partition coefficient (Wildman–Crippen LogP) is -0.820. The summed E-state index contributed by atoms with van der Waals surface area (Å²) in [6.45, 7) is 6.23. The number of nitrogens with one attached hydrogen (secondary N) is 3. The first-order valence-corrected chi connectivity index (χ1v) is 8.94. The lowest BCUT2D eigenvalue weighted by Gasteiger charge is -2.37. The Balaban J connectivity index is 1.30. The molecule has 0 aliphatic carbocycles. The van der Waals surface area contributed by atoms with Crippen molar-refractivity contribution in [1.82, 2.24) is 31.0 Å². The molecule has 1 aromatic heterocycles. The smallest absolute Gasteiger partial charge is 0.241 e. The van der Waals surface area contributed by atoms with Crippen LogP contribution >= 0.6 is 0 Å². The number of nitrogens with zero attached hydrogens (tertiary/aromatic N) is 3. The molecule has 24 heavy (non-hydrogen) atoms. The van der Waals surface area contributed by atoms with E-state index < -0.39 is 0 Å². The van der Waals surface area contributed by atoms with E-state index in [4.69, 9.17) is 0 Å². The van der Waals surface area contributed by atoms with E-state index in [-0.39, 0.29) is 11.9 Å². The van der Waals surface area contributed by atoms with Gasteiger partial charge in [0.15, 0.2) is 0 Å². The summed E-state index contributed by atoms with van der Waals surface area (Å²) >= 11 is 0. The maximum Gasteiger partial charge on any atom is 0.241 e. The summed E-state index contributed by atoms with van der Waals surface area (Å²) < 4.78 is 0. The number of aromatic nitrogens is 1. The Morgan fingerprint density at radius 2 is 2.08 bits per heavy atom. The molecular weight excluding hydrogens is 304 g/mol. The molecule has 0 aromatic carbocycles. The van der Waals surface area contributed by atoms with Crippen LogP contribution in [0.15, 0.2) is 24.4 Å². The maximum atomic E-state index is 12.9. The second kappa shape index (κ2) is 7.14. The molecule has 1 amide bonds. The number of hydrogen-bond acceptors (Lipinski definition) is 6. The first-order valence-electron chi connectivity index (χ1n) is 8.94. The van der Waals surface area contributed by atoms with Gasteiger partial charge in [-0.1, -0.05) is 6.07 Å². The summed E-state index contributed by atoms with van der Waals surface area (Å²) in [6.07, 6.45) is 2.92. The SMILES string of the molecule is O=C(C1NNC2CCNCC21)N1CCN(Cc2ccccn2)CC1. The van der Waals surface area contributed by atoms with Crippen molar-refractivity contribution in [2.45, 2.75) is 25.0 Å². The van der Waals surface area contributed by atoms with E-state index in [0.29, 0.717) is 12.0 Å².